The fourth-order valence-electron chi connectivity index (χ4n) is 2.65. The molecular formula is C16H23ClN2O3S. The van der Waals surface area contributed by atoms with Crippen molar-refractivity contribution in [3.05, 3.63) is 29.3 Å². The molecule has 1 heterocycles. The second-order valence-corrected chi connectivity index (χ2v) is 8.48. The van der Waals surface area contributed by atoms with Gasteiger partial charge in [0.1, 0.15) is 4.90 Å². The maximum Gasteiger partial charge on any atom is 0.244 e. The molecule has 0 atom stereocenters. The van der Waals surface area contributed by atoms with Crippen LogP contribution in [0.5, 0.6) is 0 Å². The lowest BCUT2D eigenvalue weighted by Gasteiger charge is -2.23. The fourth-order valence-corrected chi connectivity index (χ4v) is 4.62. The topological polar surface area (TPSA) is 57.7 Å². The van der Waals surface area contributed by atoms with Crippen LogP contribution < -0.4 is 0 Å². The van der Waals surface area contributed by atoms with E-state index in [1.165, 1.54) is 10.4 Å². The van der Waals surface area contributed by atoms with Crippen molar-refractivity contribution in [3.63, 3.8) is 0 Å². The standard InChI is InChI=1S/C16H23ClN2O3S/c1-13(2)12-16(20)18-8-5-9-19(11-10-18)23(21,22)15-7-4-3-6-14(15)17/h3-4,6-7,13H,5,8-12H2,1-2H3. The summed E-state index contributed by atoms with van der Waals surface area (Å²) in [7, 11) is -3.62. The Bertz CT molecular complexity index is 661. The summed E-state index contributed by atoms with van der Waals surface area (Å²) in [4.78, 5) is 14.1. The van der Waals surface area contributed by atoms with E-state index in [9.17, 15) is 13.2 Å². The lowest BCUT2D eigenvalue weighted by molar-refractivity contribution is -0.131. The Morgan fingerprint density at radius 2 is 1.87 bits per heavy atom. The van der Waals surface area contributed by atoms with Crippen LogP contribution in [-0.2, 0) is 14.8 Å². The number of nitrogens with zero attached hydrogens (tertiary/aromatic N) is 2. The molecule has 1 aromatic carbocycles. The Kier molecular flexibility index (Phi) is 6.06. The predicted octanol–water partition coefficient (Wildman–Crippen LogP) is 2.61. The van der Waals surface area contributed by atoms with Gasteiger partial charge < -0.3 is 4.90 Å². The van der Waals surface area contributed by atoms with Gasteiger partial charge in [0.25, 0.3) is 0 Å². The molecule has 0 bridgehead atoms. The van der Waals surface area contributed by atoms with Gasteiger partial charge in [0, 0.05) is 32.6 Å². The summed E-state index contributed by atoms with van der Waals surface area (Å²) in [6.45, 7) is 5.74. The van der Waals surface area contributed by atoms with Crippen molar-refractivity contribution in [2.45, 2.75) is 31.6 Å². The predicted molar refractivity (Wildman–Crippen MR) is 90.9 cm³/mol. The van der Waals surface area contributed by atoms with Gasteiger partial charge in [-0.1, -0.05) is 37.6 Å². The van der Waals surface area contributed by atoms with Gasteiger partial charge in [0.2, 0.25) is 15.9 Å². The van der Waals surface area contributed by atoms with Crippen LogP contribution in [-0.4, -0.2) is 49.7 Å². The minimum Gasteiger partial charge on any atom is -0.341 e. The van der Waals surface area contributed by atoms with Crippen LogP contribution in [0.3, 0.4) is 0 Å². The SMILES string of the molecule is CC(C)CC(=O)N1CCCN(S(=O)(=O)c2ccccc2Cl)CC1. The van der Waals surface area contributed by atoms with E-state index >= 15 is 0 Å². The zero-order chi connectivity index (χ0) is 17.0. The third kappa shape index (κ3) is 4.46. The number of halogens is 1. The first kappa shape index (κ1) is 18.2. The van der Waals surface area contributed by atoms with E-state index in [0.29, 0.717) is 44.9 Å². The smallest absolute Gasteiger partial charge is 0.244 e. The quantitative estimate of drug-likeness (QED) is 0.831. The largest absolute Gasteiger partial charge is 0.341 e. The molecule has 7 heteroatoms. The number of benzene rings is 1. The summed E-state index contributed by atoms with van der Waals surface area (Å²) in [5, 5.41) is 0.226. The Morgan fingerprint density at radius 1 is 1.17 bits per heavy atom. The third-order valence-electron chi connectivity index (χ3n) is 3.84. The zero-order valence-corrected chi connectivity index (χ0v) is 15.1. The highest BCUT2D eigenvalue weighted by atomic mass is 35.5. The summed E-state index contributed by atoms with van der Waals surface area (Å²) >= 11 is 6.03. The molecule has 1 amide bonds. The Hall–Kier alpha value is -1.11. The third-order valence-corrected chi connectivity index (χ3v) is 6.24. The van der Waals surface area contributed by atoms with E-state index in [2.05, 4.69) is 0 Å². The summed E-state index contributed by atoms with van der Waals surface area (Å²) in [6.07, 6.45) is 1.13. The van der Waals surface area contributed by atoms with Crippen LogP contribution in [0.4, 0.5) is 0 Å². The Balaban J connectivity index is 2.11. The van der Waals surface area contributed by atoms with Crippen LogP contribution >= 0.6 is 11.6 Å². The number of hydrogen-bond donors (Lipinski definition) is 0. The van der Waals surface area contributed by atoms with Crippen LogP contribution in [0, 0.1) is 5.92 Å². The summed E-state index contributed by atoms with van der Waals surface area (Å²) in [6, 6.07) is 6.46. The molecule has 5 nitrogen and oxygen atoms in total. The van der Waals surface area contributed by atoms with Gasteiger partial charge in [-0.3, -0.25) is 4.79 Å². The van der Waals surface area contributed by atoms with E-state index in [1.807, 2.05) is 13.8 Å². The minimum absolute atomic E-state index is 0.0944. The zero-order valence-electron chi connectivity index (χ0n) is 13.5. The number of rotatable bonds is 4. The second-order valence-electron chi connectivity index (χ2n) is 6.17. The van der Waals surface area contributed by atoms with Crippen molar-refractivity contribution in [3.8, 4) is 0 Å². The van der Waals surface area contributed by atoms with Gasteiger partial charge in [0.15, 0.2) is 0 Å². The lowest BCUT2D eigenvalue weighted by Crippen LogP contribution is -2.37. The molecule has 128 valence electrons. The molecule has 1 saturated heterocycles. The average Bonchev–Trinajstić information content (AvgIpc) is 2.73. The molecule has 0 aromatic heterocycles. The number of hydrogen-bond acceptors (Lipinski definition) is 3. The Labute approximate surface area is 143 Å². The van der Waals surface area contributed by atoms with E-state index in [0.717, 1.165) is 0 Å². The van der Waals surface area contributed by atoms with Crippen molar-refractivity contribution in [1.29, 1.82) is 0 Å². The van der Waals surface area contributed by atoms with Crippen molar-refractivity contribution in [2.75, 3.05) is 26.2 Å². The van der Waals surface area contributed by atoms with E-state index in [1.54, 1.807) is 23.1 Å². The molecule has 1 aliphatic rings. The summed E-state index contributed by atoms with van der Waals surface area (Å²) in [5.41, 5.74) is 0. The summed E-state index contributed by atoms with van der Waals surface area (Å²) in [5.74, 6) is 0.394. The van der Waals surface area contributed by atoms with Crippen molar-refractivity contribution >= 4 is 27.5 Å². The first-order chi connectivity index (χ1) is 10.8. The molecule has 23 heavy (non-hydrogen) atoms. The molecule has 1 aromatic rings. The molecular weight excluding hydrogens is 336 g/mol. The highest BCUT2D eigenvalue weighted by Gasteiger charge is 2.29. The second kappa shape index (κ2) is 7.64. The van der Waals surface area contributed by atoms with Gasteiger partial charge in [-0.2, -0.15) is 4.31 Å². The number of carbonyl (C=O) groups excluding carboxylic acids is 1. The molecule has 0 spiro atoms. The van der Waals surface area contributed by atoms with Gasteiger partial charge >= 0.3 is 0 Å². The molecule has 2 rings (SSSR count). The highest BCUT2D eigenvalue weighted by molar-refractivity contribution is 7.89. The summed E-state index contributed by atoms with van der Waals surface area (Å²) < 4.78 is 26.9. The van der Waals surface area contributed by atoms with Crippen LogP contribution in [0.2, 0.25) is 5.02 Å². The molecule has 0 N–H and O–H groups in total. The lowest BCUT2D eigenvalue weighted by atomic mass is 10.1. The monoisotopic (exact) mass is 358 g/mol. The van der Waals surface area contributed by atoms with Gasteiger partial charge in [-0.25, -0.2) is 8.42 Å². The number of amides is 1. The highest BCUT2D eigenvalue weighted by Crippen LogP contribution is 2.25. The first-order valence-electron chi connectivity index (χ1n) is 7.85. The van der Waals surface area contributed by atoms with Crippen molar-refractivity contribution in [2.24, 2.45) is 5.92 Å². The number of carbonyl (C=O) groups is 1. The van der Waals surface area contributed by atoms with Gasteiger partial charge in [-0.15, -0.1) is 0 Å². The number of sulfonamides is 1. The van der Waals surface area contributed by atoms with Crippen LogP contribution in [0.25, 0.3) is 0 Å². The molecule has 0 saturated carbocycles. The van der Waals surface area contributed by atoms with E-state index in [4.69, 9.17) is 11.6 Å². The molecule has 0 aliphatic carbocycles. The van der Waals surface area contributed by atoms with E-state index < -0.39 is 10.0 Å². The van der Waals surface area contributed by atoms with Gasteiger partial charge in [0.05, 0.1) is 5.02 Å². The fraction of sp³-hybridized carbons (Fsp3) is 0.562. The van der Waals surface area contributed by atoms with E-state index in [-0.39, 0.29) is 15.8 Å². The Morgan fingerprint density at radius 3 is 2.52 bits per heavy atom. The molecule has 1 aliphatic heterocycles. The average molecular weight is 359 g/mol. The van der Waals surface area contributed by atoms with Crippen molar-refractivity contribution in [1.82, 2.24) is 9.21 Å². The maximum absolute atomic E-state index is 12.8. The van der Waals surface area contributed by atoms with Crippen LogP contribution in [0.1, 0.15) is 26.7 Å². The molecule has 1 fully saturated rings. The first-order valence-corrected chi connectivity index (χ1v) is 9.66. The molecule has 0 radical (unpaired) electrons. The minimum atomic E-state index is -3.62. The van der Waals surface area contributed by atoms with Gasteiger partial charge in [-0.05, 0) is 24.5 Å². The van der Waals surface area contributed by atoms with Crippen molar-refractivity contribution < 1.29 is 13.2 Å². The normalized spacial score (nSPS) is 17.3. The maximum atomic E-state index is 12.8. The van der Waals surface area contributed by atoms with Crippen LogP contribution in [0.15, 0.2) is 29.2 Å². The molecule has 0 unspecified atom stereocenters.